The monoisotopic (exact) mass is 641 g/mol. The minimum atomic E-state index is -5.36. The summed E-state index contributed by atoms with van der Waals surface area (Å²) >= 11 is -5.36. The van der Waals surface area contributed by atoms with Gasteiger partial charge in [-0.15, -0.1) is 0 Å². The van der Waals surface area contributed by atoms with Gasteiger partial charge in [-0.3, -0.25) is 0 Å². The van der Waals surface area contributed by atoms with E-state index in [4.69, 9.17) is 47.8 Å². The Kier molecular flexibility index (Phi) is 5.16. The van der Waals surface area contributed by atoms with Crippen molar-refractivity contribution in [2.45, 2.75) is 0 Å². The molecule has 0 saturated heterocycles. The summed E-state index contributed by atoms with van der Waals surface area (Å²) in [4.78, 5) is 36.7. The molecule has 7 aromatic rings. The summed E-state index contributed by atoms with van der Waals surface area (Å²) in [7, 11) is 0. The molecule has 0 saturated carbocycles. The summed E-state index contributed by atoms with van der Waals surface area (Å²) in [6.45, 7) is 0. The van der Waals surface area contributed by atoms with Gasteiger partial charge in [-0.05, 0) is 0 Å². The van der Waals surface area contributed by atoms with Gasteiger partial charge in [0.2, 0.25) is 0 Å². The molecule has 13 heteroatoms. The third-order valence-corrected chi connectivity index (χ3v) is 13.5. The fraction of sp³-hybridized carbons (Fsp3) is 0. The average Bonchev–Trinajstić information content (AvgIpc) is 3.76. The molecule has 10 N–H and O–H groups in total. The molecule has 0 unspecified atom stereocenters. The van der Waals surface area contributed by atoms with Crippen LogP contribution in [0.3, 0.4) is 0 Å². The Bertz CT molecular complexity index is 2560. The van der Waals surface area contributed by atoms with Crippen molar-refractivity contribution < 1.29 is 14.6 Å². The Morgan fingerprint density at radius 1 is 0.400 bits per heavy atom. The van der Waals surface area contributed by atoms with Crippen molar-refractivity contribution in [1.29, 1.82) is 0 Å². The SMILES string of the molecule is [NH2][Zn]([NH2])([NH2])([NH2])[c]1cccc2c3nc4nc(nc5[nH]c(nc6nc(nc([nH]3)c12)-c1ccccc1-6)c1ccccc51)-c1ccccc1-4. The zero-order valence-electron chi connectivity index (χ0n) is 23.9. The summed E-state index contributed by atoms with van der Waals surface area (Å²) in [5, 5.41) is 3.13. The zero-order chi connectivity index (χ0) is 30.5. The van der Waals surface area contributed by atoms with Crippen molar-refractivity contribution in [1.82, 2.24) is 39.9 Å². The molecule has 12 nitrogen and oxygen atoms in total. The Hall–Kier alpha value is -5.30. The number of hydrogen-bond donors (Lipinski definition) is 6. The van der Waals surface area contributed by atoms with E-state index < -0.39 is 14.6 Å². The Balaban J connectivity index is 1.52. The van der Waals surface area contributed by atoms with Gasteiger partial charge in [-0.2, -0.15) is 0 Å². The second-order valence-corrected chi connectivity index (χ2v) is 23.3. The third kappa shape index (κ3) is 4.03. The molecular formula is C32H25N12Zn. The third-order valence-electron chi connectivity index (χ3n) is 8.55. The summed E-state index contributed by atoms with van der Waals surface area (Å²) in [6.07, 6.45) is 0. The maximum absolute atomic E-state index is 6.50. The summed E-state index contributed by atoms with van der Waals surface area (Å²) in [6, 6.07) is 29.1. The van der Waals surface area contributed by atoms with E-state index in [0.29, 0.717) is 60.8 Å². The van der Waals surface area contributed by atoms with Crippen LogP contribution in [0, 0.1) is 0 Å². The van der Waals surface area contributed by atoms with Gasteiger partial charge in [0.25, 0.3) is 0 Å². The van der Waals surface area contributed by atoms with Gasteiger partial charge in [-0.1, -0.05) is 6.07 Å². The van der Waals surface area contributed by atoms with E-state index in [2.05, 4.69) is 9.97 Å². The standard InChI is InChI=1S/C32H17N8.4H2N.Zn/c1-2-10-18-17(9-1)25-33-26(18)38-28-21-13-5-6-14-22(21)30(35-28)40-32-24-16-8-7-15-23(24)31(36-32)39-29-20-12-4-3-11-19(20)27(34-29)37-25;;;;;/h1-15H,(H2,33,34,35,36,37,38,39,40);4*1H2;/q;4*-1;+4. The van der Waals surface area contributed by atoms with Crippen molar-refractivity contribution in [2.75, 3.05) is 0 Å². The number of benzene rings is 4. The predicted octanol–water partition coefficient (Wildman–Crippen LogP) is 3.68. The van der Waals surface area contributed by atoms with E-state index in [1.54, 1.807) is 6.07 Å². The number of fused-ring (bicyclic) bond motifs is 20. The molecule has 45 heavy (non-hydrogen) atoms. The molecule has 4 aromatic carbocycles. The first-order chi connectivity index (χ1) is 21.7. The second kappa shape index (κ2) is 8.88. The molecule has 0 atom stereocenters. The Labute approximate surface area is 256 Å². The number of nitrogens with zero attached hydrogens (tertiary/aromatic N) is 6. The first kappa shape index (κ1) is 26.1. The molecule has 3 aromatic heterocycles. The number of nitrogens with two attached hydrogens (primary N) is 4. The van der Waals surface area contributed by atoms with Gasteiger partial charge in [-0.25, -0.2) is 0 Å². The number of aromatic nitrogens is 8. The van der Waals surface area contributed by atoms with Crippen LogP contribution in [-0.2, 0) is 14.6 Å². The van der Waals surface area contributed by atoms with Crippen LogP contribution in [-0.4, -0.2) is 39.9 Å². The molecule has 0 amide bonds. The van der Waals surface area contributed by atoms with Crippen molar-refractivity contribution in [2.24, 2.45) is 17.9 Å². The van der Waals surface area contributed by atoms with Crippen LogP contribution in [0.25, 0.3) is 89.7 Å². The molecule has 8 bridgehead atoms. The van der Waals surface area contributed by atoms with E-state index >= 15 is 0 Å². The molecular weight excluding hydrogens is 618 g/mol. The van der Waals surface area contributed by atoms with Crippen LogP contribution < -0.4 is 22.1 Å². The average molecular weight is 643 g/mol. The summed E-state index contributed by atoms with van der Waals surface area (Å²) in [5.74, 6) is 1.98. The van der Waals surface area contributed by atoms with E-state index in [0.717, 1.165) is 33.0 Å². The number of nitrogens with one attached hydrogen (secondary N) is 2. The maximum atomic E-state index is 6.50. The van der Waals surface area contributed by atoms with E-state index in [1.165, 1.54) is 0 Å². The fourth-order valence-electron chi connectivity index (χ4n) is 6.44. The molecule has 0 radical (unpaired) electrons. The van der Waals surface area contributed by atoms with Crippen LogP contribution in [0.5, 0.6) is 0 Å². The van der Waals surface area contributed by atoms with Gasteiger partial charge in [0.15, 0.2) is 0 Å². The topological polar surface area (TPSA) is 213 Å². The quantitative estimate of drug-likeness (QED) is 0.143. The molecule has 215 valence electrons. The molecule has 5 heterocycles. The normalized spacial score (nSPS) is 12.8. The second-order valence-electron chi connectivity index (χ2n) is 12.3. The van der Waals surface area contributed by atoms with E-state index in [9.17, 15) is 0 Å². The Morgan fingerprint density at radius 2 is 0.778 bits per heavy atom. The van der Waals surface area contributed by atoms with Crippen LogP contribution in [0.1, 0.15) is 0 Å². The van der Waals surface area contributed by atoms with Gasteiger partial charge in [0, 0.05) is 0 Å². The minimum absolute atomic E-state index is 0.434. The Morgan fingerprint density at radius 3 is 1.24 bits per heavy atom. The van der Waals surface area contributed by atoms with Gasteiger partial charge in [0.1, 0.15) is 0 Å². The van der Waals surface area contributed by atoms with Crippen LogP contribution >= 0.6 is 0 Å². The molecule has 2 aliphatic rings. The van der Waals surface area contributed by atoms with Crippen molar-refractivity contribution >= 4 is 48.3 Å². The van der Waals surface area contributed by atoms with Gasteiger partial charge in [0.05, 0.1) is 0 Å². The van der Waals surface area contributed by atoms with Crippen LogP contribution in [0.2, 0.25) is 0 Å². The van der Waals surface area contributed by atoms with Gasteiger partial charge < -0.3 is 0 Å². The summed E-state index contributed by atoms with van der Waals surface area (Å²) in [5.41, 5.74) is 5.55. The van der Waals surface area contributed by atoms with Crippen LogP contribution in [0.4, 0.5) is 0 Å². The first-order valence-electron chi connectivity index (χ1n) is 14.9. The van der Waals surface area contributed by atoms with E-state index in [-0.39, 0.29) is 0 Å². The number of hydrogen-bond acceptors (Lipinski definition) is 10. The zero-order valence-corrected chi connectivity index (χ0v) is 26.8. The molecule has 9 rings (SSSR count). The van der Waals surface area contributed by atoms with Crippen molar-refractivity contribution in [3.63, 3.8) is 0 Å². The van der Waals surface area contributed by atoms with E-state index in [1.807, 2.05) is 84.9 Å². The molecule has 0 spiro atoms. The molecule has 0 aliphatic carbocycles. The summed E-state index contributed by atoms with van der Waals surface area (Å²) < 4.78 is 26.5. The van der Waals surface area contributed by atoms with Crippen LogP contribution in [0.15, 0.2) is 91.0 Å². The number of aromatic amines is 2. The van der Waals surface area contributed by atoms with Gasteiger partial charge >= 0.3 is 251 Å². The molecule has 0 fully saturated rings. The number of H-pyrrole nitrogens is 2. The first-order valence-corrected chi connectivity index (χ1v) is 23.2. The molecule has 2 aliphatic heterocycles. The fourth-order valence-corrected chi connectivity index (χ4v) is 10.3. The predicted molar refractivity (Wildman–Crippen MR) is 172 cm³/mol. The number of rotatable bonds is 1. The van der Waals surface area contributed by atoms with Crippen molar-refractivity contribution in [3.05, 3.63) is 91.0 Å². The van der Waals surface area contributed by atoms with Crippen molar-refractivity contribution in [3.8, 4) is 45.6 Å².